The Morgan fingerprint density at radius 3 is 2.55 bits per heavy atom. The van der Waals surface area contributed by atoms with Crippen molar-refractivity contribution in [1.82, 2.24) is 5.32 Å². The molecular weight excluding hydrogens is 401 g/mol. The zero-order chi connectivity index (χ0) is 21.6. The fourth-order valence-electron chi connectivity index (χ4n) is 2.80. The van der Waals surface area contributed by atoms with Gasteiger partial charge in [-0.15, -0.1) is 0 Å². The van der Waals surface area contributed by atoms with Gasteiger partial charge in [0.25, 0.3) is 0 Å². The summed E-state index contributed by atoms with van der Waals surface area (Å²) in [6.45, 7) is 3.12. The van der Waals surface area contributed by atoms with Crippen molar-refractivity contribution >= 4 is 34.9 Å². The molecule has 0 radical (unpaired) electrons. The lowest BCUT2D eigenvalue weighted by molar-refractivity contribution is -0.114. The topological polar surface area (TPSA) is 99.7 Å². The van der Waals surface area contributed by atoms with E-state index in [1.54, 1.807) is 19.1 Å². The van der Waals surface area contributed by atoms with Crippen LogP contribution in [0.1, 0.15) is 31.9 Å². The summed E-state index contributed by atoms with van der Waals surface area (Å²) in [6, 6.07) is 7.43. The molecule has 2 rings (SSSR count). The fourth-order valence-corrected chi connectivity index (χ4v) is 3.07. The molecule has 0 spiro atoms. The predicted octanol–water partition coefficient (Wildman–Crippen LogP) is 4.08. The number of rotatable bonds is 7. The molecule has 2 unspecified atom stereocenters. The van der Waals surface area contributed by atoms with Crippen molar-refractivity contribution < 1.29 is 23.8 Å². The number of carbonyl (C=O) groups excluding carboxylic acids is 2. The Balaban J connectivity index is 2.11. The molecule has 2 atom stereocenters. The SMILES string of the molecule is CCC(NC(=O)Nc1ccc(NC(C)=O)c(OC)c1)C(O)c1c(F)cccc1Cl. The van der Waals surface area contributed by atoms with Gasteiger partial charge >= 0.3 is 6.03 Å². The minimum absolute atomic E-state index is 0.0670. The van der Waals surface area contributed by atoms with Crippen molar-refractivity contribution in [2.24, 2.45) is 0 Å². The number of ether oxygens (including phenoxy) is 1. The number of benzene rings is 2. The van der Waals surface area contributed by atoms with Crippen LogP contribution in [-0.2, 0) is 4.79 Å². The third-order valence-corrected chi connectivity index (χ3v) is 4.53. The highest BCUT2D eigenvalue weighted by molar-refractivity contribution is 6.31. The molecule has 0 fully saturated rings. The van der Waals surface area contributed by atoms with Crippen LogP contribution < -0.4 is 20.7 Å². The van der Waals surface area contributed by atoms with Crippen molar-refractivity contribution in [1.29, 1.82) is 0 Å². The van der Waals surface area contributed by atoms with Gasteiger partial charge in [0.1, 0.15) is 17.7 Å². The van der Waals surface area contributed by atoms with E-state index >= 15 is 0 Å². The minimum atomic E-state index is -1.32. The number of amides is 3. The Labute approximate surface area is 173 Å². The summed E-state index contributed by atoms with van der Waals surface area (Å²) in [4.78, 5) is 23.6. The number of carbonyl (C=O) groups is 2. The van der Waals surface area contributed by atoms with Gasteiger partial charge in [-0.3, -0.25) is 4.79 Å². The van der Waals surface area contributed by atoms with Gasteiger partial charge in [-0.25, -0.2) is 9.18 Å². The first-order chi connectivity index (χ1) is 13.8. The third kappa shape index (κ3) is 5.82. The van der Waals surface area contributed by atoms with Crippen molar-refractivity contribution in [2.45, 2.75) is 32.4 Å². The van der Waals surface area contributed by atoms with Gasteiger partial charge in [0.15, 0.2) is 0 Å². The Bertz CT molecular complexity index is 874. The molecule has 0 aliphatic rings. The average molecular weight is 424 g/mol. The van der Waals surface area contributed by atoms with Gasteiger partial charge < -0.3 is 25.8 Å². The van der Waals surface area contributed by atoms with Crippen LogP contribution in [0.15, 0.2) is 36.4 Å². The predicted molar refractivity (Wildman–Crippen MR) is 110 cm³/mol. The number of hydrogen-bond acceptors (Lipinski definition) is 4. The van der Waals surface area contributed by atoms with E-state index in [1.807, 2.05) is 0 Å². The van der Waals surface area contributed by atoms with Gasteiger partial charge in [0.05, 0.1) is 18.8 Å². The lowest BCUT2D eigenvalue weighted by Crippen LogP contribution is -2.41. The van der Waals surface area contributed by atoms with Gasteiger partial charge in [0.2, 0.25) is 5.91 Å². The summed E-state index contributed by atoms with van der Waals surface area (Å²) in [6.07, 6.45) is -0.986. The van der Waals surface area contributed by atoms with Crippen LogP contribution in [0.2, 0.25) is 5.02 Å². The number of hydrogen-bond donors (Lipinski definition) is 4. The Kier molecular flexibility index (Phi) is 7.81. The molecule has 2 aromatic carbocycles. The van der Waals surface area contributed by atoms with Crippen LogP contribution in [0.5, 0.6) is 5.75 Å². The lowest BCUT2D eigenvalue weighted by Gasteiger charge is -2.24. The molecule has 7 nitrogen and oxygen atoms in total. The molecule has 156 valence electrons. The standard InChI is InChI=1S/C20H23ClFN3O4/c1-4-15(19(27)18-13(21)6-5-7-14(18)22)25-20(28)24-12-8-9-16(23-11(2)26)17(10-12)29-3/h5-10,15,19,27H,4H2,1-3H3,(H,23,26)(H2,24,25,28). The van der Waals surface area contributed by atoms with Crippen molar-refractivity contribution in [3.05, 3.63) is 52.8 Å². The molecule has 0 saturated carbocycles. The van der Waals surface area contributed by atoms with Crippen LogP contribution in [0.4, 0.5) is 20.6 Å². The van der Waals surface area contributed by atoms with E-state index in [9.17, 15) is 19.1 Å². The third-order valence-electron chi connectivity index (χ3n) is 4.20. The largest absolute Gasteiger partial charge is 0.494 e. The molecule has 2 aromatic rings. The Morgan fingerprint density at radius 1 is 1.24 bits per heavy atom. The lowest BCUT2D eigenvalue weighted by atomic mass is 10.00. The van der Waals surface area contributed by atoms with Crippen LogP contribution >= 0.6 is 11.6 Å². The summed E-state index contributed by atoms with van der Waals surface area (Å²) in [7, 11) is 1.44. The number of aliphatic hydroxyl groups excluding tert-OH is 1. The first kappa shape index (κ1) is 22.4. The maximum atomic E-state index is 14.1. The summed E-state index contributed by atoms with van der Waals surface area (Å²) < 4.78 is 19.3. The molecule has 0 aliphatic carbocycles. The number of aliphatic hydroxyl groups is 1. The highest BCUT2D eigenvalue weighted by Gasteiger charge is 2.26. The number of nitrogens with one attached hydrogen (secondary N) is 3. The smallest absolute Gasteiger partial charge is 0.319 e. The van der Waals surface area contributed by atoms with Gasteiger partial charge in [-0.05, 0) is 30.7 Å². The van der Waals surface area contributed by atoms with E-state index in [0.29, 0.717) is 23.5 Å². The molecule has 0 heterocycles. The Morgan fingerprint density at radius 2 is 1.97 bits per heavy atom. The molecule has 0 bridgehead atoms. The number of halogens is 2. The zero-order valence-corrected chi connectivity index (χ0v) is 17.0. The monoisotopic (exact) mass is 423 g/mol. The molecule has 4 N–H and O–H groups in total. The molecular formula is C20H23ClFN3O4. The first-order valence-corrected chi connectivity index (χ1v) is 9.29. The zero-order valence-electron chi connectivity index (χ0n) is 16.3. The Hall–Kier alpha value is -2.84. The number of methoxy groups -OCH3 is 1. The van der Waals surface area contributed by atoms with Gasteiger partial charge in [-0.1, -0.05) is 24.6 Å². The number of urea groups is 1. The molecule has 0 aliphatic heterocycles. The fraction of sp³-hybridized carbons (Fsp3) is 0.300. The molecule has 9 heteroatoms. The van der Waals surface area contributed by atoms with E-state index in [4.69, 9.17) is 16.3 Å². The summed E-state index contributed by atoms with van der Waals surface area (Å²) in [5.41, 5.74) is 0.798. The quantitative estimate of drug-likeness (QED) is 0.539. The highest BCUT2D eigenvalue weighted by atomic mass is 35.5. The van der Waals surface area contributed by atoms with Crippen LogP contribution in [0, 0.1) is 5.82 Å². The second-order valence-corrected chi connectivity index (χ2v) is 6.70. The van der Waals surface area contributed by atoms with Crippen LogP contribution in [0.25, 0.3) is 0 Å². The van der Waals surface area contributed by atoms with Crippen LogP contribution in [0.3, 0.4) is 0 Å². The highest BCUT2D eigenvalue weighted by Crippen LogP contribution is 2.30. The molecule has 29 heavy (non-hydrogen) atoms. The number of anilines is 2. The van der Waals surface area contributed by atoms with E-state index in [-0.39, 0.29) is 16.5 Å². The van der Waals surface area contributed by atoms with E-state index in [0.717, 1.165) is 0 Å². The first-order valence-electron chi connectivity index (χ1n) is 8.91. The van der Waals surface area contributed by atoms with Crippen molar-refractivity contribution in [3.63, 3.8) is 0 Å². The van der Waals surface area contributed by atoms with Crippen molar-refractivity contribution in [3.8, 4) is 5.75 Å². The van der Waals surface area contributed by atoms with E-state index in [2.05, 4.69) is 16.0 Å². The average Bonchev–Trinajstić information content (AvgIpc) is 2.66. The molecule has 3 amide bonds. The van der Waals surface area contributed by atoms with E-state index < -0.39 is 24.0 Å². The van der Waals surface area contributed by atoms with E-state index in [1.165, 1.54) is 38.3 Å². The van der Waals surface area contributed by atoms with Crippen molar-refractivity contribution in [2.75, 3.05) is 17.7 Å². The minimum Gasteiger partial charge on any atom is -0.494 e. The maximum Gasteiger partial charge on any atom is 0.319 e. The maximum absolute atomic E-state index is 14.1. The normalized spacial score (nSPS) is 12.6. The van der Waals surface area contributed by atoms with Gasteiger partial charge in [-0.2, -0.15) is 0 Å². The summed E-state index contributed by atoms with van der Waals surface area (Å²) in [5, 5.41) is 18.5. The second kappa shape index (κ2) is 10.1. The second-order valence-electron chi connectivity index (χ2n) is 6.29. The summed E-state index contributed by atoms with van der Waals surface area (Å²) >= 11 is 6.00. The molecule has 0 saturated heterocycles. The van der Waals surface area contributed by atoms with Crippen LogP contribution in [-0.4, -0.2) is 30.2 Å². The van der Waals surface area contributed by atoms with Gasteiger partial charge in [0, 0.05) is 29.3 Å². The summed E-state index contributed by atoms with van der Waals surface area (Å²) in [5.74, 6) is -0.541. The molecule has 0 aromatic heterocycles.